The van der Waals surface area contributed by atoms with E-state index in [-0.39, 0.29) is 5.69 Å². The summed E-state index contributed by atoms with van der Waals surface area (Å²) in [5, 5.41) is 7.45. The summed E-state index contributed by atoms with van der Waals surface area (Å²) in [7, 11) is 0. The molecule has 0 fully saturated rings. The molecule has 126 valence electrons. The van der Waals surface area contributed by atoms with Crippen LogP contribution < -0.4 is 10.7 Å². The quantitative estimate of drug-likeness (QED) is 0.779. The summed E-state index contributed by atoms with van der Waals surface area (Å²) in [4.78, 5) is 24.6. The number of carbonyl (C=O) groups is 1. The molecule has 1 aromatic heterocycles. The molecule has 3 rings (SSSR count). The van der Waals surface area contributed by atoms with E-state index in [2.05, 4.69) is 10.4 Å². The highest BCUT2D eigenvalue weighted by molar-refractivity contribution is 6.30. The van der Waals surface area contributed by atoms with Gasteiger partial charge in [-0.15, -0.1) is 0 Å². The third-order valence-electron chi connectivity index (χ3n) is 3.73. The topological polar surface area (TPSA) is 64.0 Å². The van der Waals surface area contributed by atoms with E-state index < -0.39 is 11.3 Å². The van der Waals surface area contributed by atoms with Crippen molar-refractivity contribution in [1.82, 2.24) is 9.78 Å². The van der Waals surface area contributed by atoms with Crippen molar-refractivity contribution in [3.05, 3.63) is 86.8 Å². The van der Waals surface area contributed by atoms with Gasteiger partial charge in [-0.2, -0.15) is 5.10 Å². The van der Waals surface area contributed by atoms with Crippen LogP contribution in [0.5, 0.6) is 0 Å². The lowest BCUT2D eigenvalue weighted by atomic mass is 10.1. The largest absolute Gasteiger partial charge is 0.320 e. The zero-order valence-electron chi connectivity index (χ0n) is 13.8. The minimum absolute atomic E-state index is 0.178. The summed E-state index contributed by atoms with van der Waals surface area (Å²) >= 11 is 5.98. The molecular weight excluding hydrogens is 338 g/mol. The average molecular weight is 354 g/mol. The van der Waals surface area contributed by atoms with Crippen LogP contribution in [-0.4, -0.2) is 15.7 Å². The molecule has 0 aliphatic rings. The Morgan fingerprint density at radius 1 is 1.12 bits per heavy atom. The minimum atomic E-state index is -0.548. The van der Waals surface area contributed by atoms with E-state index in [4.69, 9.17) is 11.6 Å². The molecule has 25 heavy (non-hydrogen) atoms. The van der Waals surface area contributed by atoms with Crippen LogP contribution in [0.25, 0.3) is 5.69 Å². The van der Waals surface area contributed by atoms with Crippen LogP contribution in [0.15, 0.2) is 59.5 Å². The number of carbonyl (C=O) groups excluding carboxylic acids is 1. The average Bonchev–Trinajstić information content (AvgIpc) is 2.57. The second-order valence-electron chi connectivity index (χ2n) is 5.73. The molecule has 0 bridgehead atoms. The molecule has 0 aliphatic carbocycles. The first kappa shape index (κ1) is 16.9. The number of hydrogen-bond donors (Lipinski definition) is 1. The normalized spacial score (nSPS) is 10.5. The molecule has 3 aromatic rings. The molecule has 0 saturated carbocycles. The summed E-state index contributed by atoms with van der Waals surface area (Å²) in [5.74, 6) is -0.548. The number of aryl methyl sites for hydroxylation is 2. The number of rotatable bonds is 3. The van der Waals surface area contributed by atoms with Gasteiger partial charge in [0, 0.05) is 23.0 Å². The van der Waals surface area contributed by atoms with E-state index >= 15 is 0 Å². The van der Waals surface area contributed by atoms with Gasteiger partial charge in [0.05, 0.1) is 5.69 Å². The maximum atomic E-state index is 12.5. The lowest BCUT2D eigenvalue weighted by molar-refractivity contribution is 0.101. The Morgan fingerprint density at radius 2 is 1.92 bits per heavy atom. The van der Waals surface area contributed by atoms with Crippen molar-refractivity contribution >= 4 is 23.2 Å². The van der Waals surface area contributed by atoms with Crippen LogP contribution in [0.3, 0.4) is 0 Å². The van der Waals surface area contributed by atoms with Crippen molar-refractivity contribution in [1.29, 1.82) is 0 Å². The third-order valence-corrected chi connectivity index (χ3v) is 3.96. The van der Waals surface area contributed by atoms with Gasteiger partial charge in [-0.05, 0) is 43.7 Å². The molecule has 0 spiro atoms. The second kappa shape index (κ2) is 6.91. The Morgan fingerprint density at radius 3 is 2.64 bits per heavy atom. The summed E-state index contributed by atoms with van der Waals surface area (Å²) in [6.07, 6.45) is 1.50. The van der Waals surface area contributed by atoms with Crippen LogP contribution in [0.4, 0.5) is 5.69 Å². The molecule has 1 N–H and O–H groups in total. The van der Waals surface area contributed by atoms with Gasteiger partial charge in [0.15, 0.2) is 5.69 Å². The molecule has 5 nitrogen and oxygen atoms in total. The molecular formula is C19H16ClN3O2. The predicted octanol–water partition coefficient (Wildman–Crippen LogP) is 3.76. The zero-order valence-corrected chi connectivity index (χ0v) is 14.5. The van der Waals surface area contributed by atoms with Gasteiger partial charge in [0.2, 0.25) is 5.43 Å². The molecule has 0 radical (unpaired) electrons. The van der Waals surface area contributed by atoms with Crippen molar-refractivity contribution in [2.75, 3.05) is 5.32 Å². The summed E-state index contributed by atoms with van der Waals surface area (Å²) in [5.41, 5.74) is 2.70. The van der Waals surface area contributed by atoms with Gasteiger partial charge in [-0.3, -0.25) is 9.59 Å². The van der Waals surface area contributed by atoms with E-state index in [0.717, 1.165) is 11.1 Å². The fourth-order valence-electron chi connectivity index (χ4n) is 2.46. The van der Waals surface area contributed by atoms with E-state index in [1.54, 1.807) is 30.3 Å². The number of nitrogens with zero attached hydrogens (tertiary/aromatic N) is 2. The summed E-state index contributed by atoms with van der Waals surface area (Å²) in [6.45, 7) is 3.87. The Bertz CT molecular complexity index is 1010. The molecule has 0 saturated heterocycles. The van der Waals surface area contributed by atoms with Crippen LogP contribution in [0, 0.1) is 13.8 Å². The molecule has 6 heteroatoms. The highest BCUT2D eigenvalue weighted by atomic mass is 35.5. The first-order valence-electron chi connectivity index (χ1n) is 7.68. The highest BCUT2D eigenvalue weighted by Gasteiger charge is 2.14. The Balaban J connectivity index is 1.95. The lowest BCUT2D eigenvalue weighted by Gasteiger charge is -2.10. The van der Waals surface area contributed by atoms with Crippen molar-refractivity contribution in [3.63, 3.8) is 0 Å². The maximum absolute atomic E-state index is 12.5. The van der Waals surface area contributed by atoms with Crippen LogP contribution in [0.2, 0.25) is 5.02 Å². The van der Waals surface area contributed by atoms with Crippen LogP contribution in [0.1, 0.15) is 21.6 Å². The molecule has 1 amide bonds. The van der Waals surface area contributed by atoms with Crippen molar-refractivity contribution in [2.45, 2.75) is 13.8 Å². The fourth-order valence-corrected chi connectivity index (χ4v) is 2.65. The van der Waals surface area contributed by atoms with Crippen molar-refractivity contribution < 1.29 is 4.79 Å². The number of benzene rings is 2. The number of halogens is 1. The first-order valence-corrected chi connectivity index (χ1v) is 8.06. The third kappa shape index (κ3) is 3.78. The number of nitrogens with one attached hydrogen (secondary N) is 1. The summed E-state index contributed by atoms with van der Waals surface area (Å²) in [6, 6.07) is 14.0. The van der Waals surface area contributed by atoms with E-state index in [0.29, 0.717) is 16.4 Å². The standard InChI is InChI=1S/C19H16ClN3O2/c1-12-6-7-16(13(2)10-12)21-19(25)18-17(24)8-9-23(22-18)15-5-3-4-14(20)11-15/h3-11H,1-2H3,(H,21,25). The molecule has 0 atom stereocenters. The van der Waals surface area contributed by atoms with E-state index in [9.17, 15) is 9.59 Å². The Labute approximate surface area is 149 Å². The number of amides is 1. The van der Waals surface area contributed by atoms with Gasteiger partial charge in [0.1, 0.15) is 0 Å². The van der Waals surface area contributed by atoms with Crippen LogP contribution >= 0.6 is 11.6 Å². The van der Waals surface area contributed by atoms with Gasteiger partial charge in [0.25, 0.3) is 5.91 Å². The van der Waals surface area contributed by atoms with Gasteiger partial charge in [-0.25, -0.2) is 4.68 Å². The Kier molecular flexibility index (Phi) is 4.67. The predicted molar refractivity (Wildman–Crippen MR) is 98.7 cm³/mol. The van der Waals surface area contributed by atoms with Gasteiger partial charge < -0.3 is 5.32 Å². The minimum Gasteiger partial charge on any atom is -0.320 e. The number of hydrogen-bond acceptors (Lipinski definition) is 3. The van der Waals surface area contributed by atoms with Crippen LogP contribution in [-0.2, 0) is 0 Å². The molecule has 0 unspecified atom stereocenters. The zero-order chi connectivity index (χ0) is 18.0. The monoisotopic (exact) mass is 353 g/mol. The van der Waals surface area contributed by atoms with E-state index in [1.165, 1.54) is 16.9 Å². The van der Waals surface area contributed by atoms with E-state index in [1.807, 2.05) is 26.0 Å². The molecule has 1 heterocycles. The maximum Gasteiger partial charge on any atom is 0.280 e. The number of anilines is 1. The lowest BCUT2D eigenvalue weighted by Crippen LogP contribution is -2.25. The molecule has 2 aromatic carbocycles. The Hall–Kier alpha value is -2.92. The molecule has 0 aliphatic heterocycles. The van der Waals surface area contributed by atoms with Gasteiger partial charge in [-0.1, -0.05) is 35.4 Å². The smallest absolute Gasteiger partial charge is 0.280 e. The second-order valence-corrected chi connectivity index (χ2v) is 6.16. The summed E-state index contributed by atoms with van der Waals surface area (Å²) < 4.78 is 1.45. The SMILES string of the molecule is Cc1ccc(NC(=O)c2nn(-c3cccc(Cl)c3)ccc2=O)c(C)c1. The first-order chi connectivity index (χ1) is 11.9. The van der Waals surface area contributed by atoms with Crippen molar-refractivity contribution in [3.8, 4) is 5.69 Å². The fraction of sp³-hybridized carbons (Fsp3) is 0.105. The van der Waals surface area contributed by atoms with Gasteiger partial charge >= 0.3 is 0 Å². The highest BCUT2D eigenvalue weighted by Crippen LogP contribution is 2.17. The number of aromatic nitrogens is 2. The van der Waals surface area contributed by atoms with Crippen molar-refractivity contribution in [2.24, 2.45) is 0 Å².